The Kier molecular flexibility index (Phi) is 7.80. The average molecular weight is 551 g/mol. The van der Waals surface area contributed by atoms with Gasteiger partial charge in [-0.05, 0) is 41.8 Å². The van der Waals surface area contributed by atoms with Crippen LogP contribution in [0.15, 0.2) is 84.9 Å². The Morgan fingerprint density at radius 1 is 0.902 bits per heavy atom. The molecule has 2 aliphatic heterocycles. The molecule has 9 nitrogen and oxygen atoms in total. The number of nitrogens with zero attached hydrogens (tertiary/aromatic N) is 4. The third kappa shape index (κ3) is 5.73. The molecule has 2 N–H and O–H groups in total. The van der Waals surface area contributed by atoms with Gasteiger partial charge in [-0.2, -0.15) is 5.10 Å². The second-order valence-electron chi connectivity index (χ2n) is 10.4. The second kappa shape index (κ2) is 12.0. The first-order chi connectivity index (χ1) is 20.1. The lowest BCUT2D eigenvalue weighted by Crippen LogP contribution is -2.49. The number of H-pyrrole nitrogens is 1. The summed E-state index contributed by atoms with van der Waals surface area (Å²) in [4.78, 5) is 32.6. The first kappa shape index (κ1) is 26.7. The summed E-state index contributed by atoms with van der Waals surface area (Å²) in [5.41, 5.74) is 4.51. The number of ether oxygens (including phenoxy) is 1. The summed E-state index contributed by atoms with van der Waals surface area (Å²) in [7, 11) is 1.61. The standard InChI is InChI=1S/C32H34N6O3/c1-41-26-14-12-25(13-15-26)38-17-16-27-29(32(38)40)34-35-31(27)33-28(39)22-36-18-20-37(21-19-36)30(23-8-4-2-5-9-23)24-10-6-3-7-11-24/h2-15,30H,16-22H2,1H3,(H2,33,34,35,39). The van der Waals surface area contributed by atoms with Gasteiger partial charge in [-0.15, -0.1) is 0 Å². The minimum absolute atomic E-state index is 0.125. The van der Waals surface area contributed by atoms with Gasteiger partial charge < -0.3 is 15.0 Å². The largest absolute Gasteiger partial charge is 0.497 e. The molecule has 0 atom stereocenters. The molecule has 1 saturated heterocycles. The molecule has 3 heterocycles. The zero-order valence-electron chi connectivity index (χ0n) is 23.1. The van der Waals surface area contributed by atoms with Crippen LogP contribution < -0.4 is 15.0 Å². The number of rotatable bonds is 8. The number of piperazine rings is 1. The fourth-order valence-corrected chi connectivity index (χ4v) is 5.80. The Labute approximate surface area is 239 Å². The molecule has 2 aliphatic rings. The minimum Gasteiger partial charge on any atom is -0.497 e. The van der Waals surface area contributed by atoms with Crippen LogP contribution in [0.2, 0.25) is 0 Å². The summed E-state index contributed by atoms with van der Waals surface area (Å²) in [5, 5.41) is 10.1. The first-order valence-electron chi connectivity index (χ1n) is 14.0. The summed E-state index contributed by atoms with van der Waals surface area (Å²) >= 11 is 0. The van der Waals surface area contributed by atoms with Gasteiger partial charge in [0.05, 0.1) is 19.7 Å². The summed E-state index contributed by atoms with van der Waals surface area (Å²) < 4.78 is 5.22. The predicted molar refractivity (Wildman–Crippen MR) is 158 cm³/mol. The van der Waals surface area contributed by atoms with Crippen molar-refractivity contribution in [1.82, 2.24) is 20.0 Å². The van der Waals surface area contributed by atoms with Crippen molar-refractivity contribution in [2.45, 2.75) is 12.5 Å². The Balaban J connectivity index is 1.06. The van der Waals surface area contributed by atoms with Gasteiger partial charge in [0.25, 0.3) is 5.91 Å². The predicted octanol–water partition coefficient (Wildman–Crippen LogP) is 3.97. The SMILES string of the molecule is COc1ccc(N2CCc3c(NC(=O)CN4CCN(C(c5ccccc5)c5ccccc5)CC4)n[nH]c3C2=O)cc1. The molecule has 4 aromatic rings. The van der Waals surface area contributed by atoms with Crippen LogP contribution >= 0.6 is 0 Å². The molecule has 6 rings (SSSR count). The van der Waals surface area contributed by atoms with Crippen LogP contribution in [0.25, 0.3) is 0 Å². The van der Waals surface area contributed by atoms with E-state index in [1.165, 1.54) is 11.1 Å². The van der Waals surface area contributed by atoms with Crippen LogP contribution in [0.3, 0.4) is 0 Å². The van der Waals surface area contributed by atoms with Crippen molar-refractivity contribution in [3.63, 3.8) is 0 Å². The van der Waals surface area contributed by atoms with Crippen LogP contribution in [-0.2, 0) is 11.2 Å². The molecule has 0 aliphatic carbocycles. The third-order valence-corrected chi connectivity index (χ3v) is 7.92. The molecule has 41 heavy (non-hydrogen) atoms. The number of nitrogens with one attached hydrogen (secondary N) is 2. The van der Waals surface area contributed by atoms with Crippen LogP contribution in [0.5, 0.6) is 5.75 Å². The third-order valence-electron chi connectivity index (χ3n) is 7.92. The quantitative estimate of drug-likeness (QED) is 0.345. The lowest BCUT2D eigenvalue weighted by Gasteiger charge is -2.39. The summed E-state index contributed by atoms with van der Waals surface area (Å²) in [6.07, 6.45) is 0.595. The molecule has 2 amide bonds. The maximum Gasteiger partial charge on any atom is 0.276 e. The molecular formula is C32H34N6O3. The van der Waals surface area contributed by atoms with Crippen molar-refractivity contribution in [2.24, 2.45) is 0 Å². The van der Waals surface area contributed by atoms with Gasteiger partial charge in [-0.3, -0.25) is 24.5 Å². The van der Waals surface area contributed by atoms with Gasteiger partial charge in [-0.25, -0.2) is 0 Å². The summed E-state index contributed by atoms with van der Waals surface area (Å²) in [6.45, 7) is 4.08. The Morgan fingerprint density at radius 3 is 2.15 bits per heavy atom. The summed E-state index contributed by atoms with van der Waals surface area (Å²) in [6, 6.07) is 28.8. The van der Waals surface area contributed by atoms with Gasteiger partial charge in [0, 0.05) is 44.0 Å². The van der Waals surface area contributed by atoms with Crippen molar-refractivity contribution in [2.75, 3.05) is 56.6 Å². The topological polar surface area (TPSA) is 93.8 Å². The number of benzene rings is 3. The van der Waals surface area contributed by atoms with Gasteiger partial charge in [0.1, 0.15) is 11.4 Å². The summed E-state index contributed by atoms with van der Waals surface area (Å²) in [5.74, 6) is 0.894. The molecule has 0 radical (unpaired) electrons. The number of aromatic amines is 1. The normalized spacial score (nSPS) is 16.0. The monoisotopic (exact) mass is 550 g/mol. The van der Waals surface area contributed by atoms with Crippen molar-refractivity contribution >= 4 is 23.3 Å². The number of carbonyl (C=O) groups is 2. The minimum atomic E-state index is -0.160. The van der Waals surface area contributed by atoms with Gasteiger partial charge in [0.2, 0.25) is 5.91 Å². The molecule has 0 saturated carbocycles. The van der Waals surface area contributed by atoms with E-state index in [1.807, 2.05) is 36.4 Å². The Bertz CT molecular complexity index is 1440. The van der Waals surface area contributed by atoms with E-state index in [9.17, 15) is 9.59 Å². The Hall–Kier alpha value is -4.47. The van der Waals surface area contributed by atoms with Crippen LogP contribution in [0.4, 0.5) is 11.5 Å². The molecular weight excluding hydrogens is 516 g/mol. The van der Waals surface area contributed by atoms with E-state index in [-0.39, 0.29) is 24.4 Å². The Morgan fingerprint density at radius 2 is 1.54 bits per heavy atom. The molecule has 1 aromatic heterocycles. The van der Waals surface area contributed by atoms with Gasteiger partial charge in [0.15, 0.2) is 5.82 Å². The fourth-order valence-electron chi connectivity index (χ4n) is 5.80. The highest BCUT2D eigenvalue weighted by Crippen LogP contribution is 2.30. The molecule has 3 aromatic carbocycles. The number of hydrogen-bond acceptors (Lipinski definition) is 6. The number of fused-ring (bicyclic) bond motifs is 1. The second-order valence-corrected chi connectivity index (χ2v) is 10.4. The number of carbonyl (C=O) groups excluding carboxylic acids is 2. The van der Waals surface area contributed by atoms with E-state index in [2.05, 4.69) is 73.8 Å². The van der Waals surface area contributed by atoms with Crippen LogP contribution in [-0.4, -0.2) is 78.2 Å². The smallest absolute Gasteiger partial charge is 0.276 e. The molecule has 0 spiro atoms. The number of anilines is 2. The van der Waals surface area contributed by atoms with Gasteiger partial charge >= 0.3 is 0 Å². The van der Waals surface area contributed by atoms with E-state index < -0.39 is 0 Å². The van der Waals surface area contributed by atoms with E-state index in [4.69, 9.17) is 4.74 Å². The fraction of sp³-hybridized carbons (Fsp3) is 0.281. The highest BCUT2D eigenvalue weighted by atomic mass is 16.5. The molecule has 9 heteroatoms. The molecule has 1 fully saturated rings. The zero-order valence-corrected chi connectivity index (χ0v) is 23.1. The van der Waals surface area contributed by atoms with E-state index in [0.717, 1.165) is 43.2 Å². The zero-order chi connectivity index (χ0) is 28.2. The van der Waals surface area contributed by atoms with Crippen molar-refractivity contribution < 1.29 is 14.3 Å². The first-order valence-corrected chi connectivity index (χ1v) is 14.0. The highest BCUT2D eigenvalue weighted by Gasteiger charge is 2.31. The van der Waals surface area contributed by atoms with Crippen molar-refractivity contribution in [3.8, 4) is 5.75 Å². The molecule has 0 bridgehead atoms. The number of amides is 2. The molecule has 210 valence electrons. The number of aromatic nitrogens is 2. The number of hydrogen-bond donors (Lipinski definition) is 2. The molecule has 0 unspecified atom stereocenters. The maximum atomic E-state index is 13.2. The average Bonchev–Trinajstić information content (AvgIpc) is 3.43. The lowest BCUT2D eigenvalue weighted by atomic mass is 9.96. The van der Waals surface area contributed by atoms with E-state index in [1.54, 1.807) is 12.0 Å². The van der Waals surface area contributed by atoms with Gasteiger partial charge in [-0.1, -0.05) is 60.7 Å². The van der Waals surface area contributed by atoms with Crippen LogP contribution in [0, 0.1) is 0 Å². The maximum absolute atomic E-state index is 13.2. The van der Waals surface area contributed by atoms with Crippen molar-refractivity contribution in [1.29, 1.82) is 0 Å². The van der Waals surface area contributed by atoms with Crippen LogP contribution in [0.1, 0.15) is 33.2 Å². The van der Waals surface area contributed by atoms with Crippen molar-refractivity contribution in [3.05, 3.63) is 107 Å². The van der Waals surface area contributed by atoms with E-state index >= 15 is 0 Å². The lowest BCUT2D eigenvalue weighted by molar-refractivity contribution is -0.117. The highest BCUT2D eigenvalue weighted by molar-refractivity contribution is 6.08. The number of methoxy groups -OCH3 is 1. The van der Waals surface area contributed by atoms with E-state index in [0.29, 0.717) is 24.5 Å².